The van der Waals surface area contributed by atoms with Crippen LogP contribution in [0.2, 0.25) is 0 Å². The van der Waals surface area contributed by atoms with Gasteiger partial charge in [0.2, 0.25) is 0 Å². The largest absolute Gasteiger partial charge is 0.392 e. The lowest BCUT2D eigenvalue weighted by Gasteiger charge is -2.07. The molecule has 0 saturated heterocycles. The van der Waals surface area contributed by atoms with E-state index in [0.29, 0.717) is 6.42 Å². The maximum absolute atomic E-state index is 10.9. The fraction of sp³-hybridized carbons (Fsp3) is 0.714. The Bertz CT molecular complexity index is 220. The standard InChI is InChI=1S/C7H14O4S/c1-3-5-11-12(9,10)6-7(8)4-2/h3,7-8H,1,4-6H2,2H3. The van der Waals surface area contributed by atoms with Gasteiger partial charge in [0.1, 0.15) is 5.75 Å². The van der Waals surface area contributed by atoms with E-state index >= 15 is 0 Å². The summed E-state index contributed by atoms with van der Waals surface area (Å²) in [6.45, 7) is 4.97. The Morgan fingerprint density at radius 2 is 2.25 bits per heavy atom. The van der Waals surface area contributed by atoms with E-state index in [1.807, 2.05) is 0 Å². The van der Waals surface area contributed by atoms with Crippen molar-refractivity contribution < 1.29 is 17.7 Å². The summed E-state index contributed by atoms with van der Waals surface area (Å²) in [5, 5.41) is 9.01. The van der Waals surface area contributed by atoms with E-state index in [1.165, 1.54) is 6.08 Å². The van der Waals surface area contributed by atoms with Crippen molar-refractivity contribution in [3.8, 4) is 0 Å². The van der Waals surface area contributed by atoms with E-state index in [9.17, 15) is 8.42 Å². The molecule has 0 bridgehead atoms. The molecule has 5 heteroatoms. The molecule has 0 spiro atoms. The zero-order valence-electron chi connectivity index (χ0n) is 7.06. The van der Waals surface area contributed by atoms with E-state index in [-0.39, 0.29) is 12.4 Å². The van der Waals surface area contributed by atoms with E-state index in [1.54, 1.807) is 6.92 Å². The van der Waals surface area contributed by atoms with Gasteiger partial charge < -0.3 is 5.11 Å². The van der Waals surface area contributed by atoms with Crippen molar-refractivity contribution in [2.24, 2.45) is 0 Å². The lowest BCUT2D eigenvalue weighted by atomic mass is 10.3. The van der Waals surface area contributed by atoms with Gasteiger partial charge in [-0.1, -0.05) is 13.0 Å². The minimum absolute atomic E-state index is 0.0429. The molecule has 0 aliphatic rings. The Labute approximate surface area is 73.0 Å². The zero-order chi connectivity index (χ0) is 9.61. The lowest BCUT2D eigenvalue weighted by Crippen LogP contribution is -2.21. The summed E-state index contributed by atoms with van der Waals surface area (Å²) in [4.78, 5) is 0. The molecule has 72 valence electrons. The second-order valence-corrected chi connectivity index (χ2v) is 4.04. The van der Waals surface area contributed by atoms with Crippen LogP contribution in [0.5, 0.6) is 0 Å². The molecular formula is C7H14O4S. The highest BCUT2D eigenvalue weighted by atomic mass is 32.2. The number of aliphatic hydroxyl groups excluding tert-OH is 1. The van der Waals surface area contributed by atoms with Crippen molar-refractivity contribution in [2.75, 3.05) is 12.4 Å². The van der Waals surface area contributed by atoms with Crippen LogP contribution in [0.4, 0.5) is 0 Å². The number of hydrogen-bond acceptors (Lipinski definition) is 4. The molecule has 0 aromatic carbocycles. The molecule has 12 heavy (non-hydrogen) atoms. The van der Waals surface area contributed by atoms with Gasteiger partial charge in [-0.15, -0.1) is 6.58 Å². The van der Waals surface area contributed by atoms with Crippen molar-refractivity contribution in [1.82, 2.24) is 0 Å². The van der Waals surface area contributed by atoms with Crippen LogP contribution in [0.3, 0.4) is 0 Å². The Morgan fingerprint density at radius 3 is 2.67 bits per heavy atom. The average molecular weight is 194 g/mol. The van der Waals surface area contributed by atoms with Crippen LogP contribution in [-0.4, -0.2) is 32.0 Å². The molecule has 0 aromatic heterocycles. The van der Waals surface area contributed by atoms with Crippen LogP contribution in [0.25, 0.3) is 0 Å². The second-order valence-electron chi connectivity index (χ2n) is 2.36. The summed E-state index contributed by atoms with van der Waals surface area (Å²) in [7, 11) is -3.58. The van der Waals surface area contributed by atoms with E-state index in [0.717, 1.165) is 0 Å². The Balaban J connectivity index is 3.95. The fourth-order valence-electron chi connectivity index (χ4n) is 0.553. The highest BCUT2D eigenvalue weighted by Crippen LogP contribution is 1.99. The van der Waals surface area contributed by atoms with Gasteiger partial charge >= 0.3 is 0 Å². The monoisotopic (exact) mass is 194 g/mol. The molecular weight excluding hydrogens is 180 g/mol. The smallest absolute Gasteiger partial charge is 0.270 e. The predicted molar refractivity (Wildman–Crippen MR) is 46.2 cm³/mol. The molecule has 0 aromatic rings. The van der Waals surface area contributed by atoms with Gasteiger partial charge in [-0.25, -0.2) is 0 Å². The first-order valence-electron chi connectivity index (χ1n) is 3.68. The summed E-state index contributed by atoms with van der Waals surface area (Å²) < 4.78 is 26.3. The van der Waals surface area contributed by atoms with Crippen LogP contribution in [0, 0.1) is 0 Å². The van der Waals surface area contributed by atoms with Gasteiger partial charge in [0.05, 0.1) is 12.7 Å². The summed E-state index contributed by atoms with van der Waals surface area (Å²) in [6.07, 6.45) is 0.895. The van der Waals surface area contributed by atoms with E-state index in [2.05, 4.69) is 10.8 Å². The summed E-state index contributed by atoms with van der Waals surface area (Å²) >= 11 is 0. The van der Waals surface area contributed by atoms with Crippen LogP contribution >= 0.6 is 0 Å². The van der Waals surface area contributed by atoms with E-state index in [4.69, 9.17) is 5.11 Å². The van der Waals surface area contributed by atoms with Gasteiger partial charge in [-0.2, -0.15) is 8.42 Å². The maximum Gasteiger partial charge on any atom is 0.270 e. The van der Waals surface area contributed by atoms with Gasteiger partial charge in [0, 0.05) is 0 Å². The van der Waals surface area contributed by atoms with Crippen molar-refractivity contribution in [3.05, 3.63) is 12.7 Å². The molecule has 1 atom stereocenters. The number of aliphatic hydroxyl groups is 1. The molecule has 0 saturated carbocycles. The Hall–Kier alpha value is -0.390. The molecule has 1 unspecified atom stereocenters. The molecule has 1 N–H and O–H groups in total. The normalized spacial score (nSPS) is 14.2. The predicted octanol–water partition coefficient (Wildman–Crippen LogP) is 0.290. The van der Waals surface area contributed by atoms with Crippen molar-refractivity contribution >= 4 is 10.1 Å². The quantitative estimate of drug-likeness (QED) is 0.487. The highest BCUT2D eigenvalue weighted by Gasteiger charge is 2.15. The first-order valence-corrected chi connectivity index (χ1v) is 5.25. The topological polar surface area (TPSA) is 63.6 Å². The molecule has 0 rings (SSSR count). The molecule has 4 nitrogen and oxygen atoms in total. The average Bonchev–Trinajstić information content (AvgIpc) is 2.00. The maximum atomic E-state index is 10.9. The van der Waals surface area contributed by atoms with Gasteiger partial charge in [0.15, 0.2) is 0 Å². The van der Waals surface area contributed by atoms with Crippen LogP contribution in [-0.2, 0) is 14.3 Å². The van der Waals surface area contributed by atoms with Crippen molar-refractivity contribution in [3.63, 3.8) is 0 Å². The summed E-state index contributed by atoms with van der Waals surface area (Å²) in [5.41, 5.74) is 0. The van der Waals surface area contributed by atoms with Crippen molar-refractivity contribution in [1.29, 1.82) is 0 Å². The summed E-state index contributed by atoms with van der Waals surface area (Å²) in [5.74, 6) is -0.350. The molecule has 0 fully saturated rings. The fourth-order valence-corrected chi connectivity index (χ4v) is 1.66. The Kier molecular flexibility index (Phi) is 5.12. The van der Waals surface area contributed by atoms with E-state index < -0.39 is 16.2 Å². The molecule has 0 aliphatic heterocycles. The second kappa shape index (κ2) is 5.29. The lowest BCUT2D eigenvalue weighted by molar-refractivity contribution is 0.188. The van der Waals surface area contributed by atoms with Gasteiger partial charge in [-0.3, -0.25) is 4.18 Å². The molecule has 0 radical (unpaired) electrons. The third-order valence-corrected chi connectivity index (χ3v) is 2.52. The third-order valence-electron chi connectivity index (χ3n) is 1.23. The third kappa shape index (κ3) is 5.29. The minimum Gasteiger partial charge on any atom is -0.392 e. The first kappa shape index (κ1) is 11.6. The molecule has 0 aliphatic carbocycles. The Morgan fingerprint density at radius 1 is 1.67 bits per heavy atom. The van der Waals surface area contributed by atoms with Crippen molar-refractivity contribution in [2.45, 2.75) is 19.4 Å². The number of rotatable bonds is 6. The highest BCUT2D eigenvalue weighted by molar-refractivity contribution is 7.86. The SMILES string of the molecule is C=CCOS(=O)(=O)CC(O)CC. The summed E-state index contributed by atoms with van der Waals surface area (Å²) in [6, 6.07) is 0. The first-order chi connectivity index (χ1) is 5.52. The molecule has 0 heterocycles. The number of hydrogen-bond donors (Lipinski definition) is 1. The zero-order valence-corrected chi connectivity index (χ0v) is 7.88. The van der Waals surface area contributed by atoms with Gasteiger partial charge in [-0.05, 0) is 6.42 Å². The van der Waals surface area contributed by atoms with Crippen LogP contribution in [0.15, 0.2) is 12.7 Å². The minimum atomic E-state index is -3.58. The molecule has 0 amide bonds. The van der Waals surface area contributed by atoms with Gasteiger partial charge in [0.25, 0.3) is 10.1 Å². The van der Waals surface area contributed by atoms with Crippen LogP contribution < -0.4 is 0 Å². The van der Waals surface area contributed by atoms with Crippen LogP contribution in [0.1, 0.15) is 13.3 Å².